The van der Waals surface area contributed by atoms with Crippen molar-refractivity contribution >= 4 is 17.2 Å². The van der Waals surface area contributed by atoms with Crippen LogP contribution in [0.4, 0.5) is 0 Å². The van der Waals surface area contributed by atoms with Crippen LogP contribution in [0.5, 0.6) is 0 Å². The fourth-order valence-corrected chi connectivity index (χ4v) is 3.94. The molecule has 1 amide bonds. The molecule has 0 bridgehead atoms. The summed E-state index contributed by atoms with van der Waals surface area (Å²) in [6.45, 7) is 8.64. The van der Waals surface area contributed by atoms with Crippen molar-refractivity contribution in [3.8, 4) is 6.07 Å². The molecule has 3 rings (SSSR count). The van der Waals surface area contributed by atoms with E-state index in [2.05, 4.69) is 10.1 Å². The van der Waals surface area contributed by atoms with Crippen molar-refractivity contribution in [3.63, 3.8) is 0 Å². The highest BCUT2D eigenvalue weighted by Crippen LogP contribution is 2.10. The first-order valence-electron chi connectivity index (χ1n) is 8.89. The molecular formula is C18H23N6O2S+. The largest absolute Gasteiger partial charge is 0.331 e. The molecule has 3 heterocycles. The first-order chi connectivity index (χ1) is 12.9. The van der Waals surface area contributed by atoms with Gasteiger partial charge in [0.2, 0.25) is 5.91 Å². The van der Waals surface area contributed by atoms with Crippen LogP contribution in [0, 0.1) is 32.1 Å². The molecule has 0 aliphatic carbocycles. The zero-order valence-corrected chi connectivity index (χ0v) is 16.6. The van der Waals surface area contributed by atoms with Gasteiger partial charge in [-0.2, -0.15) is 15.0 Å². The molecule has 142 valence electrons. The zero-order valence-electron chi connectivity index (χ0n) is 15.8. The molecule has 9 heteroatoms. The molecule has 1 aliphatic heterocycles. The van der Waals surface area contributed by atoms with Crippen molar-refractivity contribution in [1.82, 2.24) is 19.7 Å². The molecule has 0 aromatic carbocycles. The number of rotatable bonds is 4. The summed E-state index contributed by atoms with van der Waals surface area (Å²) in [5.41, 5.74) is 2.10. The number of hydrogen-bond donors (Lipinski definition) is 1. The topological polar surface area (TPSA) is 96.3 Å². The van der Waals surface area contributed by atoms with Gasteiger partial charge in [0, 0.05) is 11.1 Å². The molecule has 1 fully saturated rings. The number of quaternary nitrogens is 1. The van der Waals surface area contributed by atoms with E-state index in [1.54, 1.807) is 13.8 Å². The second-order valence-electron chi connectivity index (χ2n) is 6.85. The second kappa shape index (κ2) is 7.98. The summed E-state index contributed by atoms with van der Waals surface area (Å²) in [5, 5.41) is 16.4. The maximum atomic E-state index is 12.4. The number of hydrogen-bond acceptors (Lipinski definition) is 6. The number of amides is 1. The van der Waals surface area contributed by atoms with Crippen molar-refractivity contribution in [3.05, 3.63) is 43.3 Å². The van der Waals surface area contributed by atoms with E-state index < -0.39 is 0 Å². The number of nitriles is 1. The Morgan fingerprint density at radius 3 is 2.63 bits per heavy atom. The van der Waals surface area contributed by atoms with Gasteiger partial charge >= 0.3 is 0 Å². The number of piperazine rings is 1. The Labute approximate surface area is 161 Å². The standard InChI is InChI=1S/C18H22N6O2S/c1-12-10-27-16(20-12)8-17(25)23-6-4-22(5-7-23)11-24-18(26)15(9-19)13(2)14(3)21-24/h10H,4-8,11H2,1-3H3/p+1. The van der Waals surface area contributed by atoms with Gasteiger partial charge in [0.15, 0.2) is 6.67 Å². The minimum Gasteiger partial charge on any atom is -0.331 e. The summed E-state index contributed by atoms with van der Waals surface area (Å²) >= 11 is 1.52. The SMILES string of the molecule is Cc1csc(CC(=O)N2CC[NH+](Cn3nc(C)c(C)c(C#N)c3=O)CC2)n1. The lowest BCUT2D eigenvalue weighted by Gasteiger charge is -2.32. The third-order valence-electron chi connectivity index (χ3n) is 4.91. The Morgan fingerprint density at radius 1 is 1.33 bits per heavy atom. The highest BCUT2D eigenvalue weighted by molar-refractivity contribution is 7.09. The van der Waals surface area contributed by atoms with E-state index in [0.29, 0.717) is 37.4 Å². The number of carbonyl (C=O) groups is 1. The van der Waals surface area contributed by atoms with Crippen LogP contribution in [-0.4, -0.2) is 51.8 Å². The van der Waals surface area contributed by atoms with Gasteiger partial charge in [0.25, 0.3) is 5.56 Å². The van der Waals surface area contributed by atoms with Gasteiger partial charge in [-0.25, -0.2) is 4.98 Å². The summed E-state index contributed by atoms with van der Waals surface area (Å²) in [5.74, 6) is 0.0941. The summed E-state index contributed by atoms with van der Waals surface area (Å²) in [6.07, 6.45) is 0.345. The lowest BCUT2D eigenvalue weighted by Crippen LogP contribution is -3.14. The molecule has 2 aromatic rings. The number of nitrogens with one attached hydrogen (secondary N) is 1. The number of nitrogens with zero attached hydrogens (tertiary/aromatic N) is 5. The molecule has 2 aromatic heterocycles. The van der Waals surface area contributed by atoms with E-state index >= 15 is 0 Å². The van der Waals surface area contributed by atoms with Crippen LogP contribution in [0.2, 0.25) is 0 Å². The van der Waals surface area contributed by atoms with Crippen LogP contribution in [0.15, 0.2) is 10.2 Å². The first-order valence-corrected chi connectivity index (χ1v) is 9.77. The average molecular weight is 387 g/mol. The van der Waals surface area contributed by atoms with Crippen LogP contribution in [0.1, 0.15) is 27.5 Å². The third kappa shape index (κ3) is 4.23. The van der Waals surface area contributed by atoms with Crippen molar-refractivity contribution < 1.29 is 9.69 Å². The van der Waals surface area contributed by atoms with Crippen LogP contribution in [0.3, 0.4) is 0 Å². The molecule has 0 saturated carbocycles. The molecule has 8 nitrogen and oxygen atoms in total. The molecular weight excluding hydrogens is 364 g/mol. The van der Waals surface area contributed by atoms with Gasteiger partial charge in [-0.05, 0) is 26.3 Å². The summed E-state index contributed by atoms with van der Waals surface area (Å²) in [7, 11) is 0. The summed E-state index contributed by atoms with van der Waals surface area (Å²) in [6, 6.07) is 1.99. The molecule has 1 N–H and O–H groups in total. The number of aryl methyl sites for hydroxylation is 2. The summed E-state index contributed by atoms with van der Waals surface area (Å²) < 4.78 is 1.38. The first kappa shape index (κ1) is 19.2. The predicted molar refractivity (Wildman–Crippen MR) is 101 cm³/mol. The lowest BCUT2D eigenvalue weighted by atomic mass is 10.1. The molecule has 27 heavy (non-hydrogen) atoms. The van der Waals surface area contributed by atoms with E-state index in [0.717, 1.165) is 23.8 Å². The molecule has 1 saturated heterocycles. The monoisotopic (exact) mass is 387 g/mol. The highest BCUT2D eigenvalue weighted by Gasteiger charge is 2.25. The van der Waals surface area contributed by atoms with E-state index in [1.807, 2.05) is 23.3 Å². The molecule has 0 spiro atoms. The van der Waals surface area contributed by atoms with Gasteiger partial charge < -0.3 is 9.80 Å². The normalized spacial score (nSPS) is 15.0. The fraction of sp³-hybridized carbons (Fsp3) is 0.500. The van der Waals surface area contributed by atoms with Crippen LogP contribution in [-0.2, 0) is 17.9 Å². The van der Waals surface area contributed by atoms with E-state index in [9.17, 15) is 14.9 Å². The number of thiazole rings is 1. The Balaban J connectivity index is 1.60. The molecule has 0 atom stereocenters. The van der Waals surface area contributed by atoms with Crippen molar-refractivity contribution in [1.29, 1.82) is 5.26 Å². The van der Waals surface area contributed by atoms with Gasteiger partial charge in [-0.3, -0.25) is 9.59 Å². The van der Waals surface area contributed by atoms with Crippen molar-refractivity contribution in [2.75, 3.05) is 26.2 Å². The number of carbonyl (C=O) groups excluding carboxylic acids is 1. The van der Waals surface area contributed by atoms with Crippen LogP contribution < -0.4 is 10.5 Å². The Kier molecular flexibility index (Phi) is 5.68. The lowest BCUT2D eigenvalue weighted by molar-refractivity contribution is -0.927. The quantitative estimate of drug-likeness (QED) is 0.758. The van der Waals surface area contributed by atoms with Gasteiger partial charge in [0.05, 0.1) is 38.3 Å². The Hall–Kier alpha value is -2.57. The Bertz CT molecular complexity index is 950. The smallest absolute Gasteiger partial charge is 0.289 e. The highest BCUT2D eigenvalue weighted by atomic mass is 32.1. The van der Waals surface area contributed by atoms with Crippen LogP contribution in [0.25, 0.3) is 0 Å². The zero-order chi connectivity index (χ0) is 19.6. The minimum absolute atomic E-state index is 0.0941. The van der Waals surface area contributed by atoms with E-state index in [1.165, 1.54) is 20.9 Å². The Morgan fingerprint density at radius 2 is 2.04 bits per heavy atom. The maximum absolute atomic E-state index is 12.4. The van der Waals surface area contributed by atoms with Crippen LogP contribution >= 0.6 is 11.3 Å². The average Bonchev–Trinajstić information content (AvgIpc) is 3.05. The summed E-state index contributed by atoms with van der Waals surface area (Å²) in [4.78, 5) is 32.2. The third-order valence-corrected chi connectivity index (χ3v) is 5.88. The predicted octanol–water partition coefficient (Wildman–Crippen LogP) is -0.576. The fourth-order valence-electron chi connectivity index (χ4n) is 3.18. The molecule has 0 unspecified atom stereocenters. The van der Waals surface area contributed by atoms with Gasteiger partial charge in [-0.15, -0.1) is 11.3 Å². The number of aromatic nitrogens is 3. The molecule has 1 aliphatic rings. The van der Waals surface area contributed by atoms with E-state index in [4.69, 9.17) is 0 Å². The van der Waals surface area contributed by atoms with Gasteiger partial charge in [-0.1, -0.05) is 0 Å². The van der Waals surface area contributed by atoms with Crippen molar-refractivity contribution in [2.24, 2.45) is 0 Å². The van der Waals surface area contributed by atoms with E-state index in [-0.39, 0.29) is 17.0 Å². The molecule has 0 radical (unpaired) electrons. The van der Waals surface area contributed by atoms with Gasteiger partial charge in [0.1, 0.15) is 16.6 Å². The van der Waals surface area contributed by atoms with Crippen molar-refractivity contribution in [2.45, 2.75) is 33.9 Å². The minimum atomic E-state index is -0.342. The maximum Gasteiger partial charge on any atom is 0.289 e. The second-order valence-corrected chi connectivity index (χ2v) is 7.79.